The number of rotatable bonds is 9. The normalized spacial score (nSPS) is 13.8. The molecule has 0 aliphatic carbocycles. The molecule has 0 spiro atoms. The van der Waals surface area contributed by atoms with Crippen LogP contribution < -0.4 is 0 Å². The smallest absolute Gasteiger partial charge is 0.244 e. The minimum atomic E-state index is -3.53. The van der Waals surface area contributed by atoms with Crippen molar-refractivity contribution in [3.63, 3.8) is 0 Å². The van der Waals surface area contributed by atoms with Gasteiger partial charge < -0.3 is 9.30 Å². The lowest BCUT2D eigenvalue weighted by Gasteiger charge is -2.26. The highest BCUT2D eigenvalue weighted by atomic mass is 35.5. The SMILES string of the molecule is CCCn1cc(S(=O)(=O)N(CC)C(C)COC)cc1CCl. The lowest BCUT2D eigenvalue weighted by atomic mass is 10.4. The van der Waals surface area contributed by atoms with E-state index in [0.717, 1.165) is 18.7 Å². The third-order valence-electron chi connectivity index (χ3n) is 3.38. The van der Waals surface area contributed by atoms with Gasteiger partial charge in [0.15, 0.2) is 0 Å². The second-order valence-electron chi connectivity index (χ2n) is 5.01. The van der Waals surface area contributed by atoms with E-state index in [2.05, 4.69) is 0 Å². The molecule has 5 nitrogen and oxygen atoms in total. The van der Waals surface area contributed by atoms with E-state index in [4.69, 9.17) is 16.3 Å². The number of aromatic nitrogens is 1. The van der Waals surface area contributed by atoms with E-state index in [0.29, 0.717) is 23.9 Å². The van der Waals surface area contributed by atoms with E-state index in [1.165, 1.54) is 4.31 Å². The summed E-state index contributed by atoms with van der Waals surface area (Å²) in [7, 11) is -1.96. The zero-order chi connectivity index (χ0) is 16.0. The highest BCUT2D eigenvalue weighted by molar-refractivity contribution is 7.89. The first-order valence-electron chi connectivity index (χ1n) is 7.18. The van der Waals surface area contributed by atoms with Crippen LogP contribution in [0.5, 0.6) is 0 Å². The number of sulfonamides is 1. The maximum Gasteiger partial charge on any atom is 0.244 e. The maximum absolute atomic E-state index is 12.8. The van der Waals surface area contributed by atoms with Crippen LogP contribution in [-0.4, -0.2) is 43.6 Å². The number of ether oxygens (including phenoxy) is 1. The molecule has 1 atom stereocenters. The third-order valence-corrected chi connectivity index (χ3v) is 5.71. The molecule has 1 heterocycles. The number of aryl methyl sites for hydroxylation is 1. The van der Waals surface area contributed by atoms with E-state index in [-0.39, 0.29) is 6.04 Å². The van der Waals surface area contributed by atoms with Crippen LogP contribution >= 0.6 is 11.6 Å². The fraction of sp³-hybridized carbons (Fsp3) is 0.714. The molecule has 0 aromatic carbocycles. The van der Waals surface area contributed by atoms with E-state index < -0.39 is 10.0 Å². The average molecular weight is 337 g/mol. The van der Waals surface area contributed by atoms with Gasteiger partial charge in [0.25, 0.3) is 0 Å². The van der Waals surface area contributed by atoms with Gasteiger partial charge in [0.2, 0.25) is 10.0 Å². The molecule has 1 unspecified atom stereocenters. The molecule has 122 valence electrons. The Morgan fingerprint density at radius 2 is 2.10 bits per heavy atom. The van der Waals surface area contributed by atoms with Gasteiger partial charge in [0.1, 0.15) is 4.90 Å². The third kappa shape index (κ3) is 4.22. The Morgan fingerprint density at radius 3 is 2.57 bits per heavy atom. The first-order valence-corrected chi connectivity index (χ1v) is 9.15. The number of nitrogens with zero attached hydrogens (tertiary/aromatic N) is 2. The van der Waals surface area contributed by atoms with Gasteiger partial charge in [-0.15, -0.1) is 11.6 Å². The van der Waals surface area contributed by atoms with Gasteiger partial charge in [-0.25, -0.2) is 8.42 Å². The van der Waals surface area contributed by atoms with Crippen molar-refractivity contribution in [3.05, 3.63) is 18.0 Å². The summed E-state index contributed by atoms with van der Waals surface area (Å²) in [5.41, 5.74) is 0.826. The molecule has 0 fully saturated rings. The zero-order valence-corrected chi connectivity index (χ0v) is 14.7. The molecule has 1 rings (SSSR count). The fourth-order valence-electron chi connectivity index (χ4n) is 2.40. The van der Waals surface area contributed by atoms with Gasteiger partial charge in [0.05, 0.1) is 12.5 Å². The average Bonchev–Trinajstić information content (AvgIpc) is 2.84. The molecule has 0 radical (unpaired) electrons. The molecule has 0 bridgehead atoms. The van der Waals surface area contributed by atoms with Crippen LogP contribution in [0.15, 0.2) is 17.2 Å². The number of hydrogen-bond acceptors (Lipinski definition) is 3. The monoisotopic (exact) mass is 336 g/mol. The molecule has 0 N–H and O–H groups in total. The molecule has 1 aromatic heterocycles. The Kier molecular flexibility index (Phi) is 7.20. The van der Waals surface area contributed by atoms with Gasteiger partial charge in [-0.2, -0.15) is 4.31 Å². The second kappa shape index (κ2) is 8.17. The van der Waals surface area contributed by atoms with Gasteiger partial charge >= 0.3 is 0 Å². The zero-order valence-electron chi connectivity index (χ0n) is 13.2. The summed E-state index contributed by atoms with van der Waals surface area (Å²) in [5.74, 6) is 0.301. The molecule has 0 aliphatic rings. The summed E-state index contributed by atoms with van der Waals surface area (Å²) in [5, 5.41) is 0. The Labute approximate surface area is 132 Å². The number of methoxy groups -OCH3 is 1. The minimum Gasteiger partial charge on any atom is -0.383 e. The molecule has 0 saturated heterocycles. The number of likely N-dealkylation sites (N-methyl/N-ethyl adjacent to an activating group) is 1. The van der Waals surface area contributed by atoms with Crippen molar-refractivity contribution in [2.45, 2.75) is 50.6 Å². The largest absolute Gasteiger partial charge is 0.383 e. The molecule has 1 aromatic rings. The molecule has 0 aliphatic heterocycles. The number of hydrogen-bond donors (Lipinski definition) is 0. The Hall–Kier alpha value is -0.560. The van der Waals surface area contributed by atoms with Crippen molar-refractivity contribution < 1.29 is 13.2 Å². The molecule has 0 saturated carbocycles. The van der Waals surface area contributed by atoms with Crippen LogP contribution in [0.25, 0.3) is 0 Å². The summed E-state index contributed by atoms with van der Waals surface area (Å²) in [6.07, 6.45) is 2.61. The Bertz CT molecular complexity index is 542. The van der Waals surface area contributed by atoms with Crippen molar-refractivity contribution in [1.29, 1.82) is 0 Å². The van der Waals surface area contributed by atoms with Crippen LogP contribution in [0.1, 0.15) is 32.9 Å². The van der Waals surface area contributed by atoms with E-state index in [9.17, 15) is 8.42 Å². The summed E-state index contributed by atoms with van der Waals surface area (Å²) in [6, 6.07) is 1.46. The number of halogens is 1. The quantitative estimate of drug-likeness (QED) is 0.651. The summed E-state index contributed by atoms with van der Waals surface area (Å²) in [6.45, 7) is 7.25. The molecular weight excluding hydrogens is 312 g/mol. The van der Waals surface area contributed by atoms with Crippen molar-refractivity contribution in [2.75, 3.05) is 20.3 Å². The standard InChI is InChI=1S/C14H25ClN2O3S/c1-5-7-16-10-14(8-13(16)9-15)21(18,19)17(6-2)12(3)11-20-4/h8,10,12H,5-7,9,11H2,1-4H3. The van der Waals surface area contributed by atoms with Crippen molar-refractivity contribution >= 4 is 21.6 Å². The Balaban J connectivity index is 3.16. The van der Waals surface area contributed by atoms with Crippen LogP contribution in [0.2, 0.25) is 0 Å². The van der Waals surface area contributed by atoms with E-state index in [1.54, 1.807) is 19.4 Å². The molecular formula is C14H25ClN2O3S. The maximum atomic E-state index is 12.8. The molecule has 0 amide bonds. The predicted molar refractivity (Wildman–Crippen MR) is 85.2 cm³/mol. The second-order valence-corrected chi connectivity index (χ2v) is 7.16. The molecule has 21 heavy (non-hydrogen) atoms. The van der Waals surface area contributed by atoms with Crippen molar-refractivity contribution in [1.82, 2.24) is 8.87 Å². The summed E-state index contributed by atoms with van der Waals surface area (Å²) < 4.78 is 34.0. The van der Waals surface area contributed by atoms with Crippen LogP contribution in [-0.2, 0) is 27.2 Å². The highest BCUT2D eigenvalue weighted by Crippen LogP contribution is 2.22. The fourth-order valence-corrected chi connectivity index (χ4v) is 4.33. The van der Waals surface area contributed by atoms with Crippen LogP contribution in [0, 0.1) is 0 Å². The van der Waals surface area contributed by atoms with Crippen molar-refractivity contribution in [3.8, 4) is 0 Å². The van der Waals surface area contributed by atoms with Gasteiger partial charge in [0, 0.05) is 38.1 Å². The van der Waals surface area contributed by atoms with Crippen LogP contribution in [0.3, 0.4) is 0 Å². The topological polar surface area (TPSA) is 51.5 Å². The van der Waals surface area contributed by atoms with Gasteiger partial charge in [-0.1, -0.05) is 13.8 Å². The lowest BCUT2D eigenvalue weighted by molar-refractivity contribution is 0.142. The summed E-state index contributed by atoms with van der Waals surface area (Å²) in [4.78, 5) is 0.302. The number of alkyl halides is 1. The Morgan fingerprint density at radius 1 is 1.43 bits per heavy atom. The lowest BCUT2D eigenvalue weighted by Crippen LogP contribution is -2.40. The van der Waals surface area contributed by atoms with Crippen LogP contribution in [0.4, 0.5) is 0 Å². The first-order chi connectivity index (χ1) is 9.92. The first kappa shape index (κ1) is 18.5. The predicted octanol–water partition coefficient (Wildman–Crippen LogP) is 2.68. The minimum absolute atomic E-state index is 0.209. The summed E-state index contributed by atoms with van der Waals surface area (Å²) >= 11 is 5.91. The van der Waals surface area contributed by atoms with E-state index in [1.807, 2.05) is 25.3 Å². The highest BCUT2D eigenvalue weighted by Gasteiger charge is 2.29. The van der Waals surface area contributed by atoms with E-state index >= 15 is 0 Å². The van der Waals surface area contributed by atoms with Gasteiger partial charge in [-0.3, -0.25) is 0 Å². The molecule has 7 heteroatoms. The van der Waals surface area contributed by atoms with Gasteiger partial charge in [-0.05, 0) is 19.4 Å². The van der Waals surface area contributed by atoms with Crippen molar-refractivity contribution in [2.24, 2.45) is 0 Å².